The molecule has 0 aromatic heterocycles. The van der Waals surface area contributed by atoms with Gasteiger partial charge in [0.05, 0.1) is 13.2 Å². The van der Waals surface area contributed by atoms with Crippen molar-refractivity contribution in [1.29, 1.82) is 0 Å². The van der Waals surface area contributed by atoms with Crippen molar-refractivity contribution in [1.82, 2.24) is 4.90 Å². The molecule has 6 heteroatoms. The van der Waals surface area contributed by atoms with E-state index in [1.54, 1.807) is 44.2 Å². The summed E-state index contributed by atoms with van der Waals surface area (Å²) in [6.45, 7) is 4.77. The molecule has 1 aromatic rings. The maximum absolute atomic E-state index is 12.8. The average molecular weight is 331 g/mol. The lowest BCUT2D eigenvalue weighted by molar-refractivity contribution is -0.176. The molecule has 0 aliphatic carbocycles. The molecular weight excluding hydrogens is 310 g/mol. The molecule has 0 spiro atoms. The molecule has 1 aliphatic heterocycles. The van der Waals surface area contributed by atoms with Crippen LogP contribution in [0.4, 0.5) is 0 Å². The van der Waals surface area contributed by atoms with E-state index in [0.717, 1.165) is 10.5 Å². The molecule has 1 atom stereocenters. The minimum atomic E-state index is -1.88. The van der Waals surface area contributed by atoms with E-state index in [9.17, 15) is 14.4 Å². The quantitative estimate of drug-likeness (QED) is 0.609. The maximum Gasteiger partial charge on any atom is 0.345 e. The van der Waals surface area contributed by atoms with Crippen molar-refractivity contribution < 1.29 is 23.9 Å². The summed E-state index contributed by atoms with van der Waals surface area (Å²) in [5.41, 5.74) is -1.15. The number of rotatable bonds is 5. The lowest BCUT2D eigenvalue weighted by Crippen LogP contribution is -2.61. The Bertz CT molecular complexity index is 635. The summed E-state index contributed by atoms with van der Waals surface area (Å²) in [6.07, 6.45) is 3.11. The topological polar surface area (TPSA) is 72.9 Å². The molecule has 6 nitrogen and oxygen atoms in total. The third-order valence-electron chi connectivity index (χ3n) is 3.93. The first-order valence-electron chi connectivity index (χ1n) is 7.87. The average Bonchev–Trinajstić information content (AvgIpc) is 2.97. The summed E-state index contributed by atoms with van der Waals surface area (Å²) >= 11 is 0. The SMILES string of the molecule is CCOC(=O)C1(C(=O)OCC)C(c2ccccc2)C=CN1C(C)=O. The van der Waals surface area contributed by atoms with Crippen LogP contribution >= 0.6 is 0 Å². The molecule has 128 valence electrons. The highest BCUT2D eigenvalue weighted by atomic mass is 16.6. The number of hydrogen-bond acceptors (Lipinski definition) is 5. The van der Waals surface area contributed by atoms with Crippen molar-refractivity contribution in [2.24, 2.45) is 0 Å². The van der Waals surface area contributed by atoms with Gasteiger partial charge in [-0.1, -0.05) is 36.4 Å². The Morgan fingerprint density at radius 2 is 1.58 bits per heavy atom. The van der Waals surface area contributed by atoms with Gasteiger partial charge in [-0.3, -0.25) is 9.69 Å². The summed E-state index contributed by atoms with van der Waals surface area (Å²) in [4.78, 5) is 38.9. The highest BCUT2D eigenvalue weighted by molar-refractivity contribution is 6.10. The zero-order valence-electron chi connectivity index (χ0n) is 14.0. The normalized spacial score (nSPS) is 18.3. The van der Waals surface area contributed by atoms with E-state index in [1.807, 2.05) is 6.07 Å². The second-order valence-electron chi connectivity index (χ2n) is 5.33. The zero-order chi connectivity index (χ0) is 17.7. The third kappa shape index (κ3) is 2.79. The van der Waals surface area contributed by atoms with Crippen LogP contribution in [-0.4, -0.2) is 41.5 Å². The van der Waals surface area contributed by atoms with Gasteiger partial charge in [-0.15, -0.1) is 0 Å². The first kappa shape index (κ1) is 17.7. The second kappa shape index (κ2) is 7.29. The number of nitrogens with zero attached hydrogens (tertiary/aromatic N) is 1. The Labute approximate surface area is 141 Å². The van der Waals surface area contributed by atoms with Gasteiger partial charge in [-0.05, 0) is 19.4 Å². The van der Waals surface area contributed by atoms with Gasteiger partial charge in [0.25, 0.3) is 5.54 Å². The first-order chi connectivity index (χ1) is 11.5. The molecule has 0 saturated carbocycles. The third-order valence-corrected chi connectivity index (χ3v) is 3.93. The number of benzene rings is 1. The van der Waals surface area contributed by atoms with E-state index >= 15 is 0 Å². The summed E-state index contributed by atoms with van der Waals surface area (Å²) in [5.74, 6) is -2.71. The molecule has 1 aliphatic rings. The first-order valence-corrected chi connectivity index (χ1v) is 7.87. The second-order valence-corrected chi connectivity index (χ2v) is 5.33. The Morgan fingerprint density at radius 3 is 2.04 bits per heavy atom. The molecule has 2 rings (SSSR count). The van der Waals surface area contributed by atoms with Crippen molar-refractivity contribution in [2.75, 3.05) is 13.2 Å². The molecule has 1 amide bonds. The summed E-state index contributed by atoms with van der Waals surface area (Å²) in [6, 6.07) is 9.04. The minimum Gasteiger partial charge on any atom is -0.464 e. The fraction of sp³-hybridized carbons (Fsp3) is 0.389. The van der Waals surface area contributed by atoms with Gasteiger partial charge in [0.1, 0.15) is 0 Å². The molecule has 0 bridgehead atoms. The predicted molar refractivity (Wildman–Crippen MR) is 86.8 cm³/mol. The summed E-state index contributed by atoms with van der Waals surface area (Å²) in [7, 11) is 0. The van der Waals surface area contributed by atoms with E-state index in [-0.39, 0.29) is 13.2 Å². The van der Waals surface area contributed by atoms with Crippen LogP contribution in [0.5, 0.6) is 0 Å². The monoisotopic (exact) mass is 331 g/mol. The van der Waals surface area contributed by atoms with Gasteiger partial charge in [0.15, 0.2) is 0 Å². The lowest BCUT2D eigenvalue weighted by Gasteiger charge is -2.37. The number of esters is 2. The van der Waals surface area contributed by atoms with Crippen molar-refractivity contribution in [2.45, 2.75) is 32.2 Å². The fourth-order valence-electron chi connectivity index (χ4n) is 2.96. The fourth-order valence-corrected chi connectivity index (χ4v) is 2.96. The smallest absolute Gasteiger partial charge is 0.345 e. The van der Waals surface area contributed by atoms with Crippen molar-refractivity contribution in [3.63, 3.8) is 0 Å². The molecular formula is C18H21NO5. The van der Waals surface area contributed by atoms with Crippen LogP contribution in [-0.2, 0) is 23.9 Å². The van der Waals surface area contributed by atoms with E-state index < -0.39 is 29.3 Å². The standard InChI is InChI=1S/C18H21NO5/c1-4-23-16(21)18(17(22)24-5-2)15(11-12-19(18)13(3)20)14-9-7-6-8-10-14/h6-12,15H,4-5H2,1-3H3. The molecule has 1 aromatic carbocycles. The highest BCUT2D eigenvalue weighted by Crippen LogP contribution is 2.42. The van der Waals surface area contributed by atoms with Gasteiger partial charge >= 0.3 is 11.9 Å². The maximum atomic E-state index is 12.8. The van der Waals surface area contributed by atoms with Crippen LogP contribution in [0.2, 0.25) is 0 Å². The van der Waals surface area contributed by atoms with Crippen LogP contribution in [0, 0.1) is 0 Å². The number of amides is 1. The molecule has 0 fully saturated rings. The molecule has 0 N–H and O–H groups in total. The van der Waals surface area contributed by atoms with Crippen molar-refractivity contribution in [3.8, 4) is 0 Å². The largest absolute Gasteiger partial charge is 0.464 e. The van der Waals surface area contributed by atoms with Gasteiger partial charge in [-0.2, -0.15) is 0 Å². The Balaban J connectivity index is 2.64. The number of ether oxygens (including phenoxy) is 2. The van der Waals surface area contributed by atoms with Crippen LogP contribution in [0.25, 0.3) is 0 Å². The van der Waals surface area contributed by atoms with Crippen molar-refractivity contribution in [3.05, 3.63) is 48.2 Å². The van der Waals surface area contributed by atoms with E-state index in [2.05, 4.69) is 0 Å². The summed E-state index contributed by atoms with van der Waals surface area (Å²) < 4.78 is 10.3. The van der Waals surface area contributed by atoms with Crippen LogP contribution in [0.1, 0.15) is 32.3 Å². The van der Waals surface area contributed by atoms with Gasteiger partial charge in [0, 0.05) is 19.0 Å². The highest BCUT2D eigenvalue weighted by Gasteiger charge is 2.62. The van der Waals surface area contributed by atoms with Crippen molar-refractivity contribution >= 4 is 17.8 Å². The zero-order valence-corrected chi connectivity index (χ0v) is 14.0. The Hall–Kier alpha value is -2.63. The van der Waals surface area contributed by atoms with E-state index in [1.165, 1.54) is 13.1 Å². The lowest BCUT2D eigenvalue weighted by atomic mass is 9.80. The van der Waals surface area contributed by atoms with Crippen LogP contribution < -0.4 is 0 Å². The minimum absolute atomic E-state index is 0.0905. The number of hydrogen-bond donors (Lipinski definition) is 0. The van der Waals surface area contributed by atoms with E-state index in [4.69, 9.17) is 9.47 Å². The van der Waals surface area contributed by atoms with Crippen LogP contribution in [0.15, 0.2) is 42.6 Å². The molecule has 0 saturated heterocycles. The Morgan fingerprint density at radius 1 is 1.04 bits per heavy atom. The predicted octanol–water partition coefficient (Wildman–Crippen LogP) is 2.01. The molecule has 1 heterocycles. The van der Waals surface area contributed by atoms with Gasteiger partial charge < -0.3 is 9.47 Å². The molecule has 1 unspecified atom stereocenters. The van der Waals surface area contributed by atoms with Gasteiger partial charge in [-0.25, -0.2) is 9.59 Å². The number of carbonyl (C=O) groups excluding carboxylic acids is 3. The number of carbonyl (C=O) groups is 3. The summed E-state index contributed by atoms with van der Waals surface area (Å²) in [5, 5.41) is 0. The Kier molecular flexibility index (Phi) is 5.39. The van der Waals surface area contributed by atoms with Crippen LogP contribution in [0.3, 0.4) is 0 Å². The van der Waals surface area contributed by atoms with E-state index in [0.29, 0.717) is 0 Å². The van der Waals surface area contributed by atoms with Gasteiger partial charge in [0.2, 0.25) is 5.91 Å². The molecule has 24 heavy (non-hydrogen) atoms. The molecule has 0 radical (unpaired) electrons.